The van der Waals surface area contributed by atoms with Crippen molar-refractivity contribution in [3.8, 4) is 0 Å². The molecule has 0 spiro atoms. The number of rotatable bonds is 8. The van der Waals surface area contributed by atoms with Crippen LogP contribution < -0.4 is 5.32 Å². The first-order valence-corrected chi connectivity index (χ1v) is 8.33. The van der Waals surface area contributed by atoms with Gasteiger partial charge in [0.05, 0.1) is 0 Å². The molecule has 1 aliphatic heterocycles. The van der Waals surface area contributed by atoms with Crippen LogP contribution in [0.5, 0.6) is 0 Å². The normalized spacial score (nSPS) is 19.6. The second-order valence-electron chi connectivity index (χ2n) is 6.07. The van der Waals surface area contributed by atoms with Crippen LogP contribution in [0.3, 0.4) is 0 Å². The third-order valence-electron chi connectivity index (χ3n) is 4.46. The van der Waals surface area contributed by atoms with Gasteiger partial charge < -0.3 is 5.32 Å². The molecule has 1 heterocycles. The molecular formula is C18H30N2. The molecule has 2 rings (SSSR count). The maximum Gasteiger partial charge on any atom is 0.0236 e. The first-order valence-electron chi connectivity index (χ1n) is 8.33. The highest BCUT2D eigenvalue weighted by atomic mass is 15.1. The predicted octanol–water partition coefficient (Wildman–Crippen LogP) is 3.46. The Morgan fingerprint density at radius 3 is 2.65 bits per heavy atom. The van der Waals surface area contributed by atoms with E-state index in [9.17, 15) is 0 Å². The number of benzene rings is 1. The molecule has 0 amide bonds. The Morgan fingerprint density at radius 1 is 1.15 bits per heavy atom. The average Bonchev–Trinajstić information content (AvgIpc) is 2.93. The molecule has 1 N–H and O–H groups in total. The van der Waals surface area contributed by atoms with Crippen LogP contribution in [-0.4, -0.2) is 31.1 Å². The van der Waals surface area contributed by atoms with Crippen molar-refractivity contribution in [2.24, 2.45) is 5.92 Å². The molecule has 2 nitrogen and oxygen atoms in total. The molecule has 0 aliphatic carbocycles. The number of nitrogens with one attached hydrogen (secondary N) is 1. The fourth-order valence-corrected chi connectivity index (χ4v) is 3.11. The third-order valence-corrected chi connectivity index (χ3v) is 4.46. The van der Waals surface area contributed by atoms with E-state index in [0.717, 1.165) is 32.0 Å². The van der Waals surface area contributed by atoms with Crippen LogP contribution in [0.25, 0.3) is 0 Å². The molecule has 1 aliphatic rings. The second kappa shape index (κ2) is 8.43. The van der Waals surface area contributed by atoms with E-state index >= 15 is 0 Å². The molecule has 20 heavy (non-hydrogen) atoms. The van der Waals surface area contributed by atoms with Crippen LogP contribution in [0, 0.1) is 5.92 Å². The van der Waals surface area contributed by atoms with E-state index in [1.54, 1.807) is 0 Å². The molecule has 2 heteroatoms. The summed E-state index contributed by atoms with van der Waals surface area (Å²) < 4.78 is 0. The van der Waals surface area contributed by atoms with Gasteiger partial charge in [0.1, 0.15) is 0 Å². The van der Waals surface area contributed by atoms with Crippen molar-refractivity contribution < 1.29 is 0 Å². The molecule has 112 valence electrons. The number of hydrogen-bond donors (Lipinski definition) is 1. The summed E-state index contributed by atoms with van der Waals surface area (Å²) in [7, 11) is 0. The van der Waals surface area contributed by atoms with Gasteiger partial charge >= 0.3 is 0 Å². The highest BCUT2D eigenvalue weighted by Crippen LogP contribution is 2.22. The molecule has 0 bridgehead atoms. The molecule has 1 saturated heterocycles. The Kier molecular flexibility index (Phi) is 6.55. The fourth-order valence-electron chi connectivity index (χ4n) is 3.11. The summed E-state index contributed by atoms with van der Waals surface area (Å²) in [6.45, 7) is 10.5. The summed E-state index contributed by atoms with van der Waals surface area (Å²) in [5, 5.41) is 3.51. The Morgan fingerprint density at radius 2 is 1.95 bits per heavy atom. The minimum Gasteiger partial charge on any atom is -0.316 e. The Bertz CT molecular complexity index is 389. The summed E-state index contributed by atoms with van der Waals surface area (Å²) in [5.74, 6) is 0.924. The van der Waals surface area contributed by atoms with Gasteiger partial charge in [0.15, 0.2) is 0 Å². The van der Waals surface area contributed by atoms with Gasteiger partial charge in [-0.05, 0) is 55.9 Å². The predicted molar refractivity (Wildman–Crippen MR) is 87.0 cm³/mol. The topological polar surface area (TPSA) is 15.3 Å². The maximum absolute atomic E-state index is 3.51. The monoisotopic (exact) mass is 274 g/mol. The van der Waals surface area contributed by atoms with E-state index in [4.69, 9.17) is 0 Å². The summed E-state index contributed by atoms with van der Waals surface area (Å²) >= 11 is 0. The highest BCUT2D eigenvalue weighted by Gasteiger charge is 2.21. The largest absolute Gasteiger partial charge is 0.316 e. The maximum atomic E-state index is 3.51. The van der Waals surface area contributed by atoms with E-state index in [0.29, 0.717) is 0 Å². The van der Waals surface area contributed by atoms with Crippen LogP contribution in [0.4, 0.5) is 0 Å². The van der Waals surface area contributed by atoms with Crippen molar-refractivity contribution in [3.63, 3.8) is 0 Å². The van der Waals surface area contributed by atoms with Crippen molar-refractivity contribution in [2.75, 3.05) is 26.2 Å². The fraction of sp³-hybridized carbons (Fsp3) is 0.667. The lowest BCUT2D eigenvalue weighted by atomic mass is 10.0. The van der Waals surface area contributed by atoms with Gasteiger partial charge in [-0.2, -0.15) is 0 Å². The third kappa shape index (κ3) is 4.60. The van der Waals surface area contributed by atoms with Crippen LogP contribution in [-0.2, 0) is 13.0 Å². The van der Waals surface area contributed by atoms with Gasteiger partial charge in [-0.25, -0.2) is 0 Å². The van der Waals surface area contributed by atoms with Gasteiger partial charge in [-0.15, -0.1) is 0 Å². The first-order chi connectivity index (χ1) is 9.83. The minimum absolute atomic E-state index is 0.924. The lowest BCUT2D eigenvalue weighted by Gasteiger charge is -2.18. The Labute approximate surface area is 124 Å². The zero-order chi connectivity index (χ0) is 14.2. The zero-order valence-corrected chi connectivity index (χ0v) is 13.2. The summed E-state index contributed by atoms with van der Waals surface area (Å²) in [6.07, 6.45) is 5.09. The van der Waals surface area contributed by atoms with Crippen LogP contribution >= 0.6 is 0 Å². The Balaban J connectivity index is 1.87. The van der Waals surface area contributed by atoms with E-state index < -0.39 is 0 Å². The molecule has 1 aromatic rings. The standard InChI is InChI=1S/C18H30N2/c1-3-11-19-12-9-17-7-5-6-8-18(17)15-20-13-10-16(4-2)14-20/h5-8,16,19H,3-4,9-15H2,1-2H3. The average molecular weight is 274 g/mol. The van der Waals surface area contributed by atoms with Crippen LogP contribution in [0.1, 0.15) is 44.2 Å². The number of hydrogen-bond acceptors (Lipinski definition) is 2. The first kappa shape index (κ1) is 15.5. The van der Waals surface area contributed by atoms with E-state index in [1.807, 2.05) is 0 Å². The molecule has 0 aromatic heterocycles. The highest BCUT2D eigenvalue weighted by molar-refractivity contribution is 5.27. The van der Waals surface area contributed by atoms with Gasteiger partial charge in [-0.1, -0.05) is 44.5 Å². The summed E-state index contributed by atoms with van der Waals surface area (Å²) in [6, 6.07) is 8.98. The molecule has 1 fully saturated rings. The van der Waals surface area contributed by atoms with E-state index in [1.165, 1.54) is 43.5 Å². The van der Waals surface area contributed by atoms with Crippen LogP contribution in [0.15, 0.2) is 24.3 Å². The molecule has 0 saturated carbocycles. The molecule has 1 unspecified atom stereocenters. The van der Waals surface area contributed by atoms with Crippen molar-refractivity contribution in [2.45, 2.75) is 46.1 Å². The van der Waals surface area contributed by atoms with Crippen molar-refractivity contribution in [1.82, 2.24) is 10.2 Å². The lowest BCUT2D eigenvalue weighted by molar-refractivity contribution is 0.314. The van der Waals surface area contributed by atoms with Crippen LogP contribution in [0.2, 0.25) is 0 Å². The second-order valence-corrected chi connectivity index (χ2v) is 6.07. The number of likely N-dealkylation sites (tertiary alicyclic amines) is 1. The van der Waals surface area contributed by atoms with Crippen molar-refractivity contribution >= 4 is 0 Å². The van der Waals surface area contributed by atoms with E-state index in [2.05, 4.69) is 48.3 Å². The zero-order valence-electron chi connectivity index (χ0n) is 13.2. The van der Waals surface area contributed by atoms with Gasteiger partial charge in [0.25, 0.3) is 0 Å². The molecular weight excluding hydrogens is 244 g/mol. The lowest BCUT2D eigenvalue weighted by Crippen LogP contribution is -2.22. The molecule has 1 aromatic carbocycles. The van der Waals surface area contributed by atoms with Gasteiger partial charge in [-0.3, -0.25) is 4.90 Å². The van der Waals surface area contributed by atoms with Crippen molar-refractivity contribution in [3.05, 3.63) is 35.4 Å². The van der Waals surface area contributed by atoms with Gasteiger partial charge in [0, 0.05) is 13.1 Å². The quantitative estimate of drug-likeness (QED) is 0.730. The summed E-state index contributed by atoms with van der Waals surface area (Å²) in [4.78, 5) is 2.63. The minimum atomic E-state index is 0.924. The van der Waals surface area contributed by atoms with Gasteiger partial charge in [0.2, 0.25) is 0 Å². The molecule has 1 atom stereocenters. The Hall–Kier alpha value is -0.860. The smallest absolute Gasteiger partial charge is 0.0236 e. The van der Waals surface area contributed by atoms with Crippen molar-refractivity contribution in [1.29, 1.82) is 0 Å². The summed E-state index contributed by atoms with van der Waals surface area (Å²) in [5.41, 5.74) is 3.05. The molecule has 0 radical (unpaired) electrons. The number of nitrogens with zero attached hydrogens (tertiary/aromatic N) is 1. The van der Waals surface area contributed by atoms with E-state index in [-0.39, 0.29) is 0 Å². The SMILES string of the molecule is CCCNCCc1ccccc1CN1CCC(CC)C1.